The smallest absolute Gasteiger partial charge is 0.302 e. The van der Waals surface area contributed by atoms with E-state index in [-0.39, 0.29) is 5.06 Å². The van der Waals surface area contributed by atoms with Gasteiger partial charge in [-0.15, -0.1) is 23.5 Å². The first-order valence-electron chi connectivity index (χ1n) is 11.8. The van der Waals surface area contributed by atoms with Crippen molar-refractivity contribution in [1.82, 2.24) is 0 Å². The van der Waals surface area contributed by atoms with Gasteiger partial charge < -0.3 is 18.1 Å². The molecule has 192 valence electrons. The van der Waals surface area contributed by atoms with E-state index in [4.69, 9.17) is 18.1 Å². The topological polar surface area (TPSA) is 71.1 Å². The molecule has 0 aliphatic rings. The molecular weight excluding hydrogens is 486 g/mol. The molecule has 0 amide bonds. The molecule has 0 bridgehead atoms. The Bertz CT molecular complexity index is 570. The second-order valence-electron chi connectivity index (χ2n) is 8.63. The van der Waals surface area contributed by atoms with E-state index >= 15 is 0 Å². The molecule has 0 saturated carbocycles. The van der Waals surface area contributed by atoms with E-state index in [0.717, 1.165) is 37.2 Å². The van der Waals surface area contributed by atoms with Crippen LogP contribution in [0.3, 0.4) is 0 Å². The van der Waals surface area contributed by atoms with Crippen LogP contribution >= 0.6 is 38.7 Å². The Morgan fingerprint density at radius 1 is 0.625 bits per heavy atom. The molecule has 0 N–H and O–H groups in total. The van der Waals surface area contributed by atoms with Crippen LogP contribution in [0.1, 0.15) is 94.9 Å². The molecular formula is C22H46O6P2S2. The van der Waals surface area contributed by atoms with E-state index in [1.54, 1.807) is 78.9 Å². The Hall–Kier alpha value is 0.740. The molecule has 0 saturated heterocycles. The quantitative estimate of drug-likeness (QED) is 0.128. The van der Waals surface area contributed by atoms with Crippen molar-refractivity contribution >= 4 is 38.7 Å². The maximum atomic E-state index is 14.4. The second kappa shape index (κ2) is 16.4. The highest BCUT2D eigenvalue weighted by Crippen LogP contribution is 2.77. The van der Waals surface area contributed by atoms with Gasteiger partial charge >= 0.3 is 15.2 Å². The lowest BCUT2D eigenvalue weighted by molar-refractivity contribution is 0.137. The summed E-state index contributed by atoms with van der Waals surface area (Å²) in [5, 5.41) is 0.0667. The molecule has 0 aliphatic heterocycles. The molecule has 0 aromatic rings. The highest BCUT2D eigenvalue weighted by Gasteiger charge is 2.50. The summed E-state index contributed by atoms with van der Waals surface area (Å²) in [6.45, 7) is 18.6. The standard InChI is InChI=1S/C22H46O6P2S2/c1-11-13-15-31-22(32-16-14-12-2)21(29(23,25-17(3)4)26-18(5)6)30(24,27-19(7)8)28-20(9)10/h17-20H,11-16H2,1-10H3. The highest BCUT2D eigenvalue weighted by molar-refractivity contribution is 8.23. The van der Waals surface area contributed by atoms with Gasteiger partial charge in [0.1, 0.15) is 0 Å². The normalized spacial score (nSPS) is 13.1. The predicted octanol–water partition coefficient (Wildman–Crippen LogP) is 9.27. The van der Waals surface area contributed by atoms with E-state index in [0.29, 0.717) is 4.24 Å². The molecule has 0 spiro atoms. The zero-order chi connectivity index (χ0) is 24.9. The van der Waals surface area contributed by atoms with E-state index in [2.05, 4.69) is 13.8 Å². The summed E-state index contributed by atoms with van der Waals surface area (Å²) in [4.78, 5) is 0. The van der Waals surface area contributed by atoms with Crippen molar-refractivity contribution in [2.75, 3.05) is 11.5 Å². The molecule has 0 aromatic carbocycles. The van der Waals surface area contributed by atoms with Crippen LogP contribution in [0.2, 0.25) is 0 Å². The maximum Gasteiger partial charge on any atom is 0.371 e. The van der Waals surface area contributed by atoms with Crippen molar-refractivity contribution in [1.29, 1.82) is 0 Å². The molecule has 0 radical (unpaired) electrons. The Morgan fingerprint density at radius 3 is 1.12 bits per heavy atom. The van der Waals surface area contributed by atoms with Crippen molar-refractivity contribution in [3.63, 3.8) is 0 Å². The Labute approximate surface area is 205 Å². The SMILES string of the molecule is CCCCSC(SCCCC)=C(P(=O)(OC(C)C)OC(C)C)P(=O)(OC(C)C)OC(C)C. The summed E-state index contributed by atoms with van der Waals surface area (Å²) >= 11 is 3.09. The number of rotatable bonds is 18. The van der Waals surface area contributed by atoms with Crippen LogP contribution in [0.4, 0.5) is 0 Å². The van der Waals surface area contributed by atoms with Crippen molar-refractivity contribution in [3.8, 4) is 0 Å². The largest absolute Gasteiger partial charge is 0.371 e. The summed E-state index contributed by atoms with van der Waals surface area (Å²) < 4.78 is 53.2. The number of thioether (sulfide) groups is 2. The van der Waals surface area contributed by atoms with Crippen molar-refractivity contribution in [2.24, 2.45) is 0 Å². The van der Waals surface area contributed by atoms with Crippen molar-refractivity contribution in [3.05, 3.63) is 9.29 Å². The van der Waals surface area contributed by atoms with E-state index in [9.17, 15) is 9.13 Å². The Kier molecular flexibility index (Phi) is 16.8. The van der Waals surface area contributed by atoms with E-state index in [1.165, 1.54) is 0 Å². The van der Waals surface area contributed by atoms with Crippen LogP contribution in [-0.4, -0.2) is 35.9 Å². The highest BCUT2D eigenvalue weighted by atomic mass is 32.2. The van der Waals surface area contributed by atoms with Crippen LogP contribution < -0.4 is 0 Å². The average Bonchev–Trinajstić information content (AvgIpc) is 2.58. The van der Waals surface area contributed by atoms with Crippen molar-refractivity contribution < 1.29 is 27.2 Å². The maximum absolute atomic E-state index is 14.4. The van der Waals surface area contributed by atoms with Gasteiger partial charge in [0.25, 0.3) is 0 Å². The third kappa shape index (κ3) is 12.4. The molecule has 0 atom stereocenters. The minimum atomic E-state index is -4.00. The second-order valence-corrected chi connectivity index (χ2v) is 15.2. The first-order chi connectivity index (χ1) is 14.8. The lowest BCUT2D eigenvalue weighted by Gasteiger charge is -2.32. The molecule has 0 fully saturated rings. The van der Waals surface area contributed by atoms with Gasteiger partial charge in [-0.05, 0) is 79.7 Å². The van der Waals surface area contributed by atoms with Crippen LogP contribution in [0.5, 0.6) is 0 Å². The lowest BCUT2D eigenvalue weighted by atomic mass is 10.4. The molecule has 0 rings (SSSR count). The first kappa shape index (κ1) is 32.7. The first-order valence-corrected chi connectivity index (χ1v) is 16.8. The van der Waals surface area contributed by atoms with Crippen LogP contribution in [0.15, 0.2) is 9.29 Å². The molecule has 0 heterocycles. The summed E-state index contributed by atoms with van der Waals surface area (Å²) in [6.07, 6.45) is 2.42. The monoisotopic (exact) mass is 532 g/mol. The van der Waals surface area contributed by atoms with Gasteiger partial charge in [0.05, 0.1) is 28.7 Å². The van der Waals surface area contributed by atoms with Crippen LogP contribution in [0, 0.1) is 0 Å². The fourth-order valence-corrected chi connectivity index (χ4v) is 11.9. The minimum Gasteiger partial charge on any atom is -0.302 e. The minimum absolute atomic E-state index is 0.0667. The Balaban J connectivity index is 7.01. The molecule has 32 heavy (non-hydrogen) atoms. The zero-order valence-electron chi connectivity index (χ0n) is 21.7. The van der Waals surface area contributed by atoms with E-state index in [1.807, 2.05) is 0 Å². The average molecular weight is 533 g/mol. The van der Waals surface area contributed by atoms with E-state index < -0.39 is 39.6 Å². The summed E-state index contributed by atoms with van der Waals surface area (Å²) in [5.41, 5.74) is 0. The van der Waals surface area contributed by atoms with Gasteiger partial charge in [0.15, 0.2) is 5.06 Å². The van der Waals surface area contributed by atoms with Gasteiger partial charge in [-0.1, -0.05) is 26.7 Å². The van der Waals surface area contributed by atoms with Crippen LogP contribution in [-0.2, 0) is 27.2 Å². The fraction of sp³-hybridized carbons (Fsp3) is 0.909. The van der Waals surface area contributed by atoms with Gasteiger partial charge in [-0.25, -0.2) is 0 Å². The summed E-state index contributed by atoms with van der Waals surface area (Å²) in [5.74, 6) is 1.61. The Morgan fingerprint density at radius 2 is 0.906 bits per heavy atom. The number of unbranched alkanes of at least 4 members (excludes halogenated alkanes) is 2. The van der Waals surface area contributed by atoms with Gasteiger partial charge in [0, 0.05) is 0 Å². The number of hydrogen-bond donors (Lipinski definition) is 0. The van der Waals surface area contributed by atoms with Crippen molar-refractivity contribution in [2.45, 2.75) is 119 Å². The lowest BCUT2D eigenvalue weighted by Crippen LogP contribution is -2.15. The molecule has 10 heteroatoms. The third-order valence-electron chi connectivity index (χ3n) is 3.56. The molecule has 6 nitrogen and oxygen atoms in total. The van der Waals surface area contributed by atoms with Crippen LogP contribution in [0.25, 0.3) is 0 Å². The van der Waals surface area contributed by atoms with Gasteiger partial charge in [0.2, 0.25) is 0 Å². The fourth-order valence-electron chi connectivity index (χ4n) is 2.52. The summed E-state index contributed by atoms with van der Waals surface area (Å²) in [6, 6.07) is 0. The predicted molar refractivity (Wildman–Crippen MR) is 142 cm³/mol. The molecule has 0 unspecified atom stereocenters. The van der Waals surface area contributed by atoms with Gasteiger partial charge in [-0.3, -0.25) is 9.13 Å². The third-order valence-corrected chi connectivity index (χ3v) is 12.5. The molecule has 0 aromatic heterocycles. The molecule has 0 aliphatic carbocycles. The number of hydrogen-bond acceptors (Lipinski definition) is 8. The van der Waals surface area contributed by atoms with Gasteiger partial charge in [-0.2, -0.15) is 0 Å². The summed E-state index contributed by atoms with van der Waals surface area (Å²) in [7, 11) is -8.01. The zero-order valence-corrected chi connectivity index (χ0v) is 25.1.